The molecule has 0 atom stereocenters. The Morgan fingerprint density at radius 1 is 1.15 bits per heavy atom. The maximum atomic E-state index is 11.5. The van der Waals surface area contributed by atoms with Gasteiger partial charge in [0.2, 0.25) is 0 Å². The minimum absolute atomic E-state index is 0.0628. The smallest absolute Gasteiger partial charge is 0.277 e. The molecule has 4 nitrogen and oxygen atoms in total. The molecule has 0 radical (unpaired) electrons. The van der Waals surface area contributed by atoms with Crippen LogP contribution in [-0.2, 0) is 4.79 Å². The van der Waals surface area contributed by atoms with E-state index in [1.165, 1.54) is 0 Å². The Morgan fingerprint density at radius 2 is 1.85 bits per heavy atom. The lowest BCUT2D eigenvalue weighted by Crippen LogP contribution is -2.24. The largest absolute Gasteiger partial charge is 0.484 e. The fourth-order valence-corrected chi connectivity index (χ4v) is 1.79. The van der Waals surface area contributed by atoms with Gasteiger partial charge in [-0.05, 0) is 52.4 Å². The molecule has 5 heteroatoms. The van der Waals surface area contributed by atoms with E-state index in [0.29, 0.717) is 5.75 Å². The number of nitrogens with one attached hydrogen (secondary N) is 1. The van der Waals surface area contributed by atoms with Crippen LogP contribution >= 0.6 is 22.6 Å². The minimum atomic E-state index is -0.296. The van der Waals surface area contributed by atoms with E-state index >= 15 is 0 Å². The van der Waals surface area contributed by atoms with E-state index in [0.717, 1.165) is 9.13 Å². The van der Waals surface area contributed by atoms with Gasteiger partial charge in [-0.15, -0.1) is 0 Å². The third-order valence-corrected chi connectivity index (χ3v) is 3.11. The van der Waals surface area contributed by atoms with Crippen molar-refractivity contribution in [2.45, 2.75) is 0 Å². The third kappa shape index (κ3) is 5.00. The normalized spacial score (nSPS) is 10.4. The molecule has 0 unspecified atom stereocenters. The number of rotatable bonds is 5. The highest BCUT2D eigenvalue weighted by Gasteiger charge is 2.00. The Morgan fingerprint density at radius 3 is 2.55 bits per heavy atom. The second-order valence-electron chi connectivity index (χ2n) is 3.95. The molecule has 0 saturated heterocycles. The fourth-order valence-electron chi connectivity index (χ4n) is 1.43. The molecule has 2 rings (SSSR count). The van der Waals surface area contributed by atoms with Crippen LogP contribution in [0.2, 0.25) is 0 Å². The van der Waals surface area contributed by atoms with Gasteiger partial charge < -0.3 is 4.74 Å². The van der Waals surface area contributed by atoms with Crippen molar-refractivity contribution in [2.75, 3.05) is 6.61 Å². The van der Waals surface area contributed by atoms with E-state index in [9.17, 15) is 4.79 Å². The number of ether oxygens (including phenoxy) is 1. The zero-order valence-electron chi connectivity index (χ0n) is 10.6. The van der Waals surface area contributed by atoms with Gasteiger partial charge >= 0.3 is 0 Å². The van der Waals surface area contributed by atoms with Gasteiger partial charge in [-0.1, -0.05) is 30.3 Å². The molecule has 0 spiro atoms. The Hall–Kier alpha value is -1.89. The molecular formula is C15H13IN2O2. The van der Waals surface area contributed by atoms with Crippen molar-refractivity contribution in [1.82, 2.24) is 5.43 Å². The quantitative estimate of drug-likeness (QED) is 0.493. The van der Waals surface area contributed by atoms with Gasteiger partial charge in [0.1, 0.15) is 5.75 Å². The first-order valence-electron chi connectivity index (χ1n) is 5.99. The lowest BCUT2D eigenvalue weighted by molar-refractivity contribution is -0.123. The Bertz CT molecular complexity index is 583. The zero-order chi connectivity index (χ0) is 14.2. The summed E-state index contributed by atoms with van der Waals surface area (Å²) in [6.07, 6.45) is 1.59. The van der Waals surface area contributed by atoms with Crippen LogP contribution < -0.4 is 10.2 Å². The Balaban J connectivity index is 1.76. The number of halogens is 1. The van der Waals surface area contributed by atoms with Gasteiger partial charge in [-0.3, -0.25) is 4.79 Å². The first-order valence-corrected chi connectivity index (χ1v) is 7.07. The predicted molar refractivity (Wildman–Crippen MR) is 86.8 cm³/mol. The summed E-state index contributed by atoms with van der Waals surface area (Å²) in [5, 5.41) is 3.86. The topological polar surface area (TPSA) is 50.7 Å². The number of hydrogen-bond donors (Lipinski definition) is 1. The maximum absolute atomic E-state index is 11.5. The average molecular weight is 380 g/mol. The van der Waals surface area contributed by atoms with Crippen LogP contribution in [-0.4, -0.2) is 18.7 Å². The molecule has 0 aliphatic carbocycles. The van der Waals surface area contributed by atoms with Crippen molar-refractivity contribution in [3.05, 3.63) is 63.7 Å². The third-order valence-electron chi connectivity index (χ3n) is 2.39. The molecule has 0 aliphatic rings. The van der Waals surface area contributed by atoms with Crippen LogP contribution in [0.5, 0.6) is 5.75 Å². The van der Waals surface area contributed by atoms with Gasteiger partial charge in [0.05, 0.1) is 6.21 Å². The van der Waals surface area contributed by atoms with Crippen molar-refractivity contribution in [3.63, 3.8) is 0 Å². The molecule has 1 amide bonds. The SMILES string of the molecule is O=C(COc1ccc(I)cc1)N/N=C/c1ccccc1. The molecule has 0 aliphatic heterocycles. The molecule has 102 valence electrons. The standard InChI is InChI=1S/C15H13IN2O2/c16-13-6-8-14(9-7-13)20-11-15(19)18-17-10-12-4-2-1-3-5-12/h1-10H,11H2,(H,18,19)/b17-10+. The van der Waals surface area contributed by atoms with Gasteiger partial charge in [0.25, 0.3) is 5.91 Å². The number of hydrogen-bond acceptors (Lipinski definition) is 3. The Kier molecular flexibility index (Phi) is 5.55. The van der Waals surface area contributed by atoms with E-state index in [1.54, 1.807) is 6.21 Å². The number of carbonyl (C=O) groups excluding carboxylic acids is 1. The lowest BCUT2D eigenvalue weighted by Gasteiger charge is -2.04. The summed E-state index contributed by atoms with van der Waals surface area (Å²) in [6.45, 7) is -0.0628. The molecule has 0 aromatic heterocycles. The summed E-state index contributed by atoms with van der Waals surface area (Å²) in [4.78, 5) is 11.5. The van der Waals surface area contributed by atoms with E-state index in [1.807, 2.05) is 54.6 Å². The van der Waals surface area contributed by atoms with Crippen molar-refractivity contribution >= 4 is 34.7 Å². The van der Waals surface area contributed by atoms with Gasteiger partial charge in [0, 0.05) is 3.57 Å². The second kappa shape index (κ2) is 7.64. The number of amides is 1. The maximum Gasteiger partial charge on any atom is 0.277 e. The van der Waals surface area contributed by atoms with Gasteiger partial charge in [0.15, 0.2) is 6.61 Å². The molecule has 20 heavy (non-hydrogen) atoms. The van der Waals surface area contributed by atoms with Crippen LogP contribution in [0.4, 0.5) is 0 Å². The van der Waals surface area contributed by atoms with Crippen molar-refractivity contribution in [3.8, 4) is 5.75 Å². The monoisotopic (exact) mass is 380 g/mol. The summed E-state index contributed by atoms with van der Waals surface area (Å²) < 4.78 is 6.45. The average Bonchev–Trinajstić information content (AvgIpc) is 2.48. The highest BCUT2D eigenvalue weighted by Crippen LogP contribution is 2.13. The zero-order valence-corrected chi connectivity index (χ0v) is 12.8. The van der Waals surface area contributed by atoms with E-state index in [2.05, 4.69) is 33.1 Å². The molecule has 0 bridgehead atoms. The van der Waals surface area contributed by atoms with E-state index in [4.69, 9.17) is 4.74 Å². The number of hydrazone groups is 1. The minimum Gasteiger partial charge on any atom is -0.484 e. The van der Waals surface area contributed by atoms with E-state index in [-0.39, 0.29) is 12.5 Å². The van der Waals surface area contributed by atoms with Crippen LogP contribution in [0.15, 0.2) is 59.7 Å². The van der Waals surface area contributed by atoms with Crippen LogP contribution in [0, 0.1) is 3.57 Å². The molecule has 2 aromatic carbocycles. The summed E-state index contributed by atoms with van der Waals surface area (Å²) in [5.74, 6) is 0.364. The summed E-state index contributed by atoms with van der Waals surface area (Å²) in [6, 6.07) is 17.0. The number of nitrogens with zero attached hydrogens (tertiary/aromatic N) is 1. The first kappa shape index (κ1) is 14.5. The molecule has 2 aromatic rings. The van der Waals surface area contributed by atoms with Crippen LogP contribution in [0.3, 0.4) is 0 Å². The second-order valence-corrected chi connectivity index (χ2v) is 5.19. The summed E-state index contributed by atoms with van der Waals surface area (Å²) in [5.41, 5.74) is 3.34. The van der Waals surface area contributed by atoms with E-state index < -0.39 is 0 Å². The first-order chi connectivity index (χ1) is 9.74. The Labute approximate surface area is 131 Å². The molecule has 1 N–H and O–H groups in total. The van der Waals surface area contributed by atoms with Crippen molar-refractivity contribution < 1.29 is 9.53 Å². The summed E-state index contributed by atoms with van der Waals surface area (Å²) >= 11 is 2.21. The highest BCUT2D eigenvalue weighted by atomic mass is 127. The number of carbonyl (C=O) groups is 1. The van der Waals surface area contributed by atoms with Crippen LogP contribution in [0.1, 0.15) is 5.56 Å². The molecule has 0 saturated carbocycles. The lowest BCUT2D eigenvalue weighted by atomic mass is 10.2. The summed E-state index contributed by atoms with van der Waals surface area (Å²) in [7, 11) is 0. The number of benzene rings is 2. The van der Waals surface area contributed by atoms with Crippen molar-refractivity contribution in [2.24, 2.45) is 5.10 Å². The van der Waals surface area contributed by atoms with Crippen LogP contribution in [0.25, 0.3) is 0 Å². The van der Waals surface area contributed by atoms with Gasteiger partial charge in [-0.2, -0.15) is 5.10 Å². The molecule has 0 heterocycles. The van der Waals surface area contributed by atoms with Crippen molar-refractivity contribution in [1.29, 1.82) is 0 Å². The predicted octanol–water partition coefficient (Wildman–Crippen LogP) is 2.82. The highest BCUT2D eigenvalue weighted by molar-refractivity contribution is 14.1. The van der Waals surface area contributed by atoms with Gasteiger partial charge in [-0.25, -0.2) is 5.43 Å². The molecular weight excluding hydrogens is 367 g/mol. The fraction of sp³-hybridized carbons (Fsp3) is 0.0667. The molecule has 0 fully saturated rings.